The molecule has 0 aromatic rings. The van der Waals surface area contributed by atoms with Gasteiger partial charge in [-0.3, -0.25) is 0 Å². The highest BCUT2D eigenvalue weighted by Crippen LogP contribution is 2.29. The topological polar surface area (TPSA) is 41.5 Å². The van der Waals surface area contributed by atoms with Crippen LogP contribution < -0.4 is 5.32 Å². The molecule has 2 fully saturated rings. The Labute approximate surface area is 130 Å². The van der Waals surface area contributed by atoms with Crippen LogP contribution in [-0.4, -0.2) is 36.5 Å². The molecule has 2 aliphatic rings. The van der Waals surface area contributed by atoms with E-state index in [0.29, 0.717) is 25.3 Å². The molecule has 0 aliphatic heterocycles. The normalized spacial score (nSPS) is 39.1. The van der Waals surface area contributed by atoms with Gasteiger partial charge in [-0.05, 0) is 62.7 Å². The maximum atomic E-state index is 10.1. The highest BCUT2D eigenvalue weighted by atomic mass is 16.5. The Morgan fingerprint density at radius 1 is 1.00 bits per heavy atom. The summed E-state index contributed by atoms with van der Waals surface area (Å²) in [5, 5.41) is 13.6. The van der Waals surface area contributed by atoms with Crippen molar-refractivity contribution in [1.82, 2.24) is 5.32 Å². The van der Waals surface area contributed by atoms with Crippen molar-refractivity contribution in [3.05, 3.63) is 0 Å². The van der Waals surface area contributed by atoms with Crippen molar-refractivity contribution in [2.75, 3.05) is 13.2 Å². The Morgan fingerprint density at radius 3 is 2.38 bits per heavy atom. The lowest BCUT2D eigenvalue weighted by Crippen LogP contribution is -2.41. The van der Waals surface area contributed by atoms with E-state index >= 15 is 0 Å². The monoisotopic (exact) mass is 297 g/mol. The van der Waals surface area contributed by atoms with E-state index in [4.69, 9.17) is 4.74 Å². The Hall–Kier alpha value is -0.120. The summed E-state index contributed by atoms with van der Waals surface area (Å²) in [5.41, 5.74) is 0. The van der Waals surface area contributed by atoms with Crippen LogP contribution in [0.2, 0.25) is 0 Å². The predicted octanol–water partition coefficient (Wildman–Crippen LogP) is 3.36. The Kier molecular flexibility index (Phi) is 6.97. The van der Waals surface area contributed by atoms with E-state index < -0.39 is 0 Å². The average molecular weight is 297 g/mol. The molecule has 0 spiro atoms. The van der Waals surface area contributed by atoms with Crippen LogP contribution in [0.4, 0.5) is 0 Å². The molecule has 2 N–H and O–H groups in total. The molecule has 0 aromatic heterocycles. The molecule has 4 unspecified atom stereocenters. The first-order valence-corrected chi connectivity index (χ1v) is 9.07. The molecule has 124 valence electrons. The van der Waals surface area contributed by atoms with Crippen molar-refractivity contribution in [3.8, 4) is 0 Å². The zero-order valence-electron chi connectivity index (χ0n) is 14.2. The second kappa shape index (κ2) is 8.50. The third-order valence-corrected chi connectivity index (χ3v) is 5.73. The van der Waals surface area contributed by atoms with Gasteiger partial charge in [0, 0.05) is 12.6 Å². The minimum atomic E-state index is -0.362. The smallest absolute Gasteiger partial charge is 0.0897 e. The van der Waals surface area contributed by atoms with Gasteiger partial charge >= 0.3 is 0 Å². The summed E-state index contributed by atoms with van der Waals surface area (Å²) in [6.07, 6.45) is 8.71. The minimum absolute atomic E-state index is 0.362. The fourth-order valence-corrected chi connectivity index (χ4v) is 3.74. The maximum Gasteiger partial charge on any atom is 0.0897 e. The van der Waals surface area contributed by atoms with Gasteiger partial charge in [0.2, 0.25) is 0 Å². The largest absolute Gasteiger partial charge is 0.389 e. The summed E-state index contributed by atoms with van der Waals surface area (Å²) in [5.74, 6) is 2.51. The van der Waals surface area contributed by atoms with Gasteiger partial charge in [-0.15, -0.1) is 0 Å². The highest BCUT2D eigenvalue weighted by Gasteiger charge is 2.25. The van der Waals surface area contributed by atoms with Crippen molar-refractivity contribution in [2.24, 2.45) is 17.8 Å². The SMILES string of the molecule is CC1CCC(OCC(O)CNC2CCC(C)C(C)C2)CC1. The number of rotatable bonds is 6. The molecule has 2 rings (SSSR count). The number of nitrogens with one attached hydrogen (secondary N) is 1. The minimum Gasteiger partial charge on any atom is -0.389 e. The summed E-state index contributed by atoms with van der Waals surface area (Å²) in [6.45, 7) is 8.19. The molecular formula is C18H35NO2. The van der Waals surface area contributed by atoms with Crippen LogP contribution in [0.5, 0.6) is 0 Å². The van der Waals surface area contributed by atoms with E-state index in [-0.39, 0.29) is 6.10 Å². The van der Waals surface area contributed by atoms with E-state index in [1.807, 2.05) is 0 Å². The van der Waals surface area contributed by atoms with Gasteiger partial charge in [-0.25, -0.2) is 0 Å². The molecule has 0 bridgehead atoms. The molecule has 0 saturated heterocycles. The van der Waals surface area contributed by atoms with Crippen LogP contribution in [0.1, 0.15) is 65.7 Å². The summed E-state index contributed by atoms with van der Waals surface area (Å²) >= 11 is 0. The Bertz CT molecular complexity index is 289. The van der Waals surface area contributed by atoms with E-state index in [1.54, 1.807) is 0 Å². The van der Waals surface area contributed by atoms with Gasteiger partial charge in [0.1, 0.15) is 0 Å². The maximum absolute atomic E-state index is 10.1. The second-order valence-corrected chi connectivity index (χ2v) is 7.74. The van der Waals surface area contributed by atoms with Crippen LogP contribution in [-0.2, 0) is 4.74 Å². The lowest BCUT2D eigenvalue weighted by molar-refractivity contribution is -0.0289. The first kappa shape index (κ1) is 17.2. The molecule has 2 aliphatic carbocycles. The van der Waals surface area contributed by atoms with Crippen molar-refractivity contribution >= 4 is 0 Å². The van der Waals surface area contributed by atoms with E-state index in [9.17, 15) is 5.11 Å². The molecule has 0 heterocycles. The molecule has 4 atom stereocenters. The van der Waals surface area contributed by atoms with Gasteiger partial charge in [0.15, 0.2) is 0 Å². The molecule has 0 amide bonds. The fourth-order valence-electron chi connectivity index (χ4n) is 3.74. The molecule has 0 aromatic carbocycles. The summed E-state index contributed by atoms with van der Waals surface area (Å²) in [7, 11) is 0. The zero-order valence-corrected chi connectivity index (χ0v) is 14.2. The lowest BCUT2D eigenvalue weighted by Gasteiger charge is -2.33. The van der Waals surface area contributed by atoms with Crippen molar-refractivity contribution in [2.45, 2.75) is 84.0 Å². The summed E-state index contributed by atoms with van der Waals surface area (Å²) in [4.78, 5) is 0. The highest BCUT2D eigenvalue weighted by molar-refractivity contribution is 4.80. The van der Waals surface area contributed by atoms with Gasteiger partial charge in [0.05, 0.1) is 18.8 Å². The first-order chi connectivity index (χ1) is 10.0. The fraction of sp³-hybridized carbons (Fsp3) is 1.00. The number of aliphatic hydroxyl groups is 1. The summed E-state index contributed by atoms with van der Waals surface area (Å²) < 4.78 is 5.88. The Morgan fingerprint density at radius 2 is 1.71 bits per heavy atom. The zero-order chi connectivity index (χ0) is 15.2. The van der Waals surface area contributed by atoms with Gasteiger partial charge in [0.25, 0.3) is 0 Å². The van der Waals surface area contributed by atoms with Gasteiger partial charge < -0.3 is 15.2 Å². The first-order valence-electron chi connectivity index (χ1n) is 9.07. The number of aliphatic hydroxyl groups excluding tert-OH is 1. The van der Waals surface area contributed by atoms with Crippen LogP contribution in [0.3, 0.4) is 0 Å². The molecular weight excluding hydrogens is 262 g/mol. The van der Waals surface area contributed by atoms with Crippen molar-refractivity contribution in [1.29, 1.82) is 0 Å². The van der Waals surface area contributed by atoms with E-state index in [0.717, 1.165) is 17.8 Å². The van der Waals surface area contributed by atoms with E-state index in [1.165, 1.54) is 44.9 Å². The van der Waals surface area contributed by atoms with Crippen molar-refractivity contribution in [3.63, 3.8) is 0 Å². The predicted molar refractivity (Wildman–Crippen MR) is 87.3 cm³/mol. The average Bonchev–Trinajstić information content (AvgIpc) is 2.48. The third kappa shape index (κ3) is 5.88. The standard InChI is InChI=1S/C18H35NO2/c1-13-4-8-18(9-5-13)21-12-17(20)11-19-16-7-6-14(2)15(3)10-16/h13-20H,4-12H2,1-3H3. The van der Waals surface area contributed by atoms with E-state index in [2.05, 4.69) is 26.1 Å². The van der Waals surface area contributed by atoms with Crippen LogP contribution in [0, 0.1) is 17.8 Å². The molecule has 3 heteroatoms. The van der Waals surface area contributed by atoms with Gasteiger partial charge in [-0.1, -0.05) is 20.8 Å². The summed E-state index contributed by atoms with van der Waals surface area (Å²) in [6, 6.07) is 0.585. The van der Waals surface area contributed by atoms with Crippen LogP contribution in [0.15, 0.2) is 0 Å². The molecule has 21 heavy (non-hydrogen) atoms. The molecule has 0 radical (unpaired) electrons. The number of ether oxygens (including phenoxy) is 1. The molecule has 2 saturated carbocycles. The second-order valence-electron chi connectivity index (χ2n) is 7.74. The lowest BCUT2D eigenvalue weighted by atomic mass is 9.79. The van der Waals surface area contributed by atoms with Crippen LogP contribution >= 0.6 is 0 Å². The molecule has 3 nitrogen and oxygen atoms in total. The Balaban J connectivity index is 1.56. The quantitative estimate of drug-likeness (QED) is 0.790. The number of hydrogen-bond donors (Lipinski definition) is 2. The van der Waals surface area contributed by atoms with Gasteiger partial charge in [-0.2, -0.15) is 0 Å². The number of hydrogen-bond acceptors (Lipinski definition) is 3. The third-order valence-electron chi connectivity index (χ3n) is 5.73. The van der Waals surface area contributed by atoms with Crippen molar-refractivity contribution < 1.29 is 9.84 Å². The van der Waals surface area contributed by atoms with Crippen LogP contribution in [0.25, 0.3) is 0 Å².